The summed E-state index contributed by atoms with van der Waals surface area (Å²) >= 11 is 0. The van der Waals surface area contributed by atoms with Gasteiger partial charge in [-0.3, -0.25) is 4.68 Å². The first-order valence-corrected chi connectivity index (χ1v) is 8.88. The largest absolute Gasteiger partial charge is 0.346 e. The summed E-state index contributed by atoms with van der Waals surface area (Å²) < 4.78 is 15.1. The molecule has 3 aromatic rings. The third kappa shape index (κ3) is 3.19. The fourth-order valence-corrected chi connectivity index (χ4v) is 3.30. The van der Waals surface area contributed by atoms with Crippen LogP contribution in [0.5, 0.6) is 0 Å². The number of nitrogens with zero attached hydrogens (tertiary/aromatic N) is 5. The Bertz CT molecular complexity index is 930. The van der Waals surface area contributed by atoms with E-state index in [1.165, 1.54) is 23.4 Å². The lowest BCUT2D eigenvalue weighted by Crippen LogP contribution is -2.19. The Morgan fingerprint density at radius 1 is 1.12 bits per heavy atom. The molecule has 0 fully saturated rings. The highest BCUT2D eigenvalue weighted by Gasteiger charge is 2.25. The number of rotatable bonds is 4. The molecule has 1 aliphatic rings. The van der Waals surface area contributed by atoms with E-state index < -0.39 is 0 Å². The molecule has 1 aromatic carbocycles. The Morgan fingerprint density at radius 2 is 1.88 bits per heavy atom. The molecule has 0 spiro atoms. The Kier molecular flexibility index (Phi) is 4.18. The molecule has 0 N–H and O–H groups in total. The van der Waals surface area contributed by atoms with Crippen molar-refractivity contribution < 1.29 is 4.39 Å². The van der Waals surface area contributed by atoms with Gasteiger partial charge in [-0.1, -0.05) is 26.0 Å². The molecule has 0 atom stereocenters. The maximum Gasteiger partial charge on any atom is 0.133 e. The third-order valence-corrected chi connectivity index (χ3v) is 4.74. The standard InChI is InChI=1S/C20H22FN5/c1-13(2)18-8-20(24-14(3)23-18)25-11-16-9-22-26(19(16)12-25)10-15-4-6-17(21)7-5-15/h4-9,13H,10-12H2,1-3H3. The molecule has 0 bridgehead atoms. The van der Waals surface area contributed by atoms with E-state index in [2.05, 4.69) is 39.9 Å². The summed E-state index contributed by atoms with van der Waals surface area (Å²) in [5, 5.41) is 4.51. The van der Waals surface area contributed by atoms with E-state index >= 15 is 0 Å². The average Bonchev–Trinajstić information content (AvgIpc) is 3.18. The number of fused-ring (bicyclic) bond motifs is 1. The third-order valence-electron chi connectivity index (χ3n) is 4.74. The maximum absolute atomic E-state index is 13.1. The number of anilines is 1. The Hall–Kier alpha value is -2.76. The minimum atomic E-state index is -0.217. The summed E-state index contributed by atoms with van der Waals surface area (Å²) in [5.74, 6) is 1.92. The minimum Gasteiger partial charge on any atom is -0.346 e. The van der Waals surface area contributed by atoms with Crippen molar-refractivity contribution in [2.24, 2.45) is 0 Å². The fraction of sp³-hybridized carbons (Fsp3) is 0.350. The van der Waals surface area contributed by atoms with Gasteiger partial charge in [0.1, 0.15) is 17.5 Å². The van der Waals surface area contributed by atoms with Gasteiger partial charge < -0.3 is 4.90 Å². The van der Waals surface area contributed by atoms with E-state index in [0.717, 1.165) is 36.0 Å². The van der Waals surface area contributed by atoms with Gasteiger partial charge in [-0.2, -0.15) is 5.10 Å². The topological polar surface area (TPSA) is 46.8 Å². The van der Waals surface area contributed by atoms with Crippen LogP contribution in [-0.4, -0.2) is 19.7 Å². The number of halogens is 1. The van der Waals surface area contributed by atoms with E-state index in [4.69, 9.17) is 0 Å². The molecule has 134 valence electrons. The van der Waals surface area contributed by atoms with Crippen LogP contribution in [0.1, 0.15) is 48.1 Å². The predicted molar refractivity (Wildman–Crippen MR) is 98.5 cm³/mol. The van der Waals surface area contributed by atoms with Gasteiger partial charge in [-0.25, -0.2) is 14.4 Å². The summed E-state index contributed by atoms with van der Waals surface area (Å²) in [7, 11) is 0. The second kappa shape index (κ2) is 6.52. The van der Waals surface area contributed by atoms with Crippen molar-refractivity contribution in [1.82, 2.24) is 19.7 Å². The second-order valence-corrected chi connectivity index (χ2v) is 7.11. The SMILES string of the molecule is Cc1nc(C(C)C)cc(N2Cc3cnn(Cc4ccc(F)cc4)c3C2)n1. The zero-order valence-corrected chi connectivity index (χ0v) is 15.3. The average molecular weight is 351 g/mol. The van der Waals surface area contributed by atoms with E-state index in [9.17, 15) is 4.39 Å². The molecule has 26 heavy (non-hydrogen) atoms. The lowest BCUT2D eigenvalue weighted by atomic mass is 10.1. The monoisotopic (exact) mass is 351 g/mol. The van der Waals surface area contributed by atoms with Gasteiger partial charge in [0.15, 0.2) is 0 Å². The number of hydrogen-bond acceptors (Lipinski definition) is 4. The van der Waals surface area contributed by atoms with Gasteiger partial charge in [0, 0.05) is 23.9 Å². The van der Waals surface area contributed by atoms with Crippen LogP contribution in [0, 0.1) is 12.7 Å². The van der Waals surface area contributed by atoms with E-state index in [0.29, 0.717) is 12.5 Å². The van der Waals surface area contributed by atoms with Gasteiger partial charge in [-0.05, 0) is 30.5 Å². The molecule has 0 saturated carbocycles. The molecule has 0 amide bonds. The van der Waals surface area contributed by atoms with E-state index in [-0.39, 0.29) is 5.82 Å². The summed E-state index contributed by atoms with van der Waals surface area (Å²) in [4.78, 5) is 11.4. The quantitative estimate of drug-likeness (QED) is 0.717. The first-order valence-electron chi connectivity index (χ1n) is 8.88. The number of benzene rings is 1. The summed E-state index contributed by atoms with van der Waals surface area (Å²) in [5.41, 5.74) is 4.51. The van der Waals surface area contributed by atoms with Crippen molar-refractivity contribution >= 4 is 5.82 Å². The summed E-state index contributed by atoms with van der Waals surface area (Å²) in [6.45, 7) is 8.44. The van der Waals surface area contributed by atoms with Crippen molar-refractivity contribution in [1.29, 1.82) is 0 Å². The van der Waals surface area contributed by atoms with E-state index in [1.54, 1.807) is 12.1 Å². The van der Waals surface area contributed by atoms with Crippen molar-refractivity contribution in [3.05, 3.63) is 70.7 Å². The molecule has 4 rings (SSSR count). The Labute approximate surface area is 152 Å². The Morgan fingerprint density at radius 3 is 2.62 bits per heavy atom. The number of aryl methyl sites for hydroxylation is 1. The predicted octanol–water partition coefficient (Wildman–Crippen LogP) is 3.81. The molecule has 3 heterocycles. The molecule has 6 heteroatoms. The van der Waals surface area contributed by atoms with Crippen LogP contribution in [0.15, 0.2) is 36.5 Å². The molecule has 1 aliphatic heterocycles. The van der Waals surface area contributed by atoms with Crippen LogP contribution < -0.4 is 4.90 Å². The number of hydrogen-bond donors (Lipinski definition) is 0. The van der Waals surface area contributed by atoms with Crippen LogP contribution in [0.2, 0.25) is 0 Å². The molecular formula is C20H22FN5. The van der Waals surface area contributed by atoms with Gasteiger partial charge in [0.05, 0.1) is 25.0 Å². The fourth-order valence-electron chi connectivity index (χ4n) is 3.30. The highest BCUT2D eigenvalue weighted by molar-refractivity contribution is 5.46. The minimum absolute atomic E-state index is 0.217. The van der Waals surface area contributed by atoms with Crippen LogP contribution in [0.3, 0.4) is 0 Å². The normalized spacial score (nSPS) is 13.5. The summed E-state index contributed by atoms with van der Waals surface area (Å²) in [6, 6.07) is 8.67. The highest BCUT2D eigenvalue weighted by Crippen LogP contribution is 2.28. The van der Waals surface area contributed by atoms with Gasteiger partial charge in [0.25, 0.3) is 0 Å². The lowest BCUT2D eigenvalue weighted by molar-refractivity contribution is 0.620. The molecule has 0 radical (unpaired) electrons. The van der Waals surface area contributed by atoms with E-state index in [1.807, 2.05) is 17.8 Å². The number of aromatic nitrogens is 4. The maximum atomic E-state index is 13.1. The van der Waals surface area contributed by atoms with Crippen molar-refractivity contribution in [2.45, 2.75) is 46.3 Å². The lowest BCUT2D eigenvalue weighted by Gasteiger charge is -2.19. The molecule has 0 unspecified atom stereocenters. The first-order chi connectivity index (χ1) is 12.5. The van der Waals surface area contributed by atoms with Gasteiger partial charge >= 0.3 is 0 Å². The van der Waals surface area contributed by atoms with Gasteiger partial charge in [-0.15, -0.1) is 0 Å². The molecule has 0 saturated heterocycles. The zero-order valence-electron chi connectivity index (χ0n) is 15.3. The van der Waals surface area contributed by atoms with Gasteiger partial charge in [0.2, 0.25) is 0 Å². The first kappa shape index (κ1) is 16.7. The van der Waals surface area contributed by atoms with Crippen LogP contribution in [0.4, 0.5) is 10.2 Å². The van der Waals surface area contributed by atoms with Crippen LogP contribution >= 0.6 is 0 Å². The Balaban J connectivity index is 1.57. The molecule has 2 aromatic heterocycles. The second-order valence-electron chi connectivity index (χ2n) is 7.11. The zero-order chi connectivity index (χ0) is 18.3. The smallest absolute Gasteiger partial charge is 0.133 e. The van der Waals surface area contributed by atoms with Crippen LogP contribution in [-0.2, 0) is 19.6 Å². The van der Waals surface area contributed by atoms with Crippen LogP contribution in [0.25, 0.3) is 0 Å². The van der Waals surface area contributed by atoms with Crippen molar-refractivity contribution in [3.63, 3.8) is 0 Å². The molecule has 0 aliphatic carbocycles. The molecule has 5 nitrogen and oxygen atoms in total. The van der Waals surface area contributed by atoms with Crippen molar-refractivity contribution in [2.75, 3.05) is 4.90 Å². The van der Waals surface area contributed by atoms with Crippen molar-refractivity contribution in [3.8, 4) is 0 Å². The molecular weight excluding hydrogens is 329 g/mol. The highest BCUT2D eigenvalue weighted by atomic mass is 19.1. The summed E-state index contributed by atoms with van der Waals surface area (Å²) in [6.07, 6.45) is 1.93.